The highest BCUT2D eigenvalue weighted by molar-refractivity contribution is 5.96. The second-order valence-electron chi connectivity index (χ2n) is 10.7. The van der Waals surface area contributed by atoms with Crippen molar-refractivity contribution in [2.45, 2.75) is 32.2 Å². The molecule has 2 fully saturated rings. The predicted molar refractivity (Wildman–Crippen MR) is 156 cm³/mol. The van der Waals surface area contributed by atoms with E-state index in [4.69, 9.17) is 19.2 Å². The topological polar surface area (TPSA) is 106 Å². The van der Waals surface area contributed by atoms with Crippen molar-refractivity contribution in [2.75, 3.05) is 78.1 Å². The lowest BCUT2D eigenvalue weighted by atomic mass is 10.2. The van der Waals surface area contributed by atoms with Crippen LogP contribution in [0.1, 0.15) is 35.3 Å². The number of hydrogen-bond donors (Lipinski definition) is 1. The molecule has 1 amide bonds. The second kappa shape index (κ2) is 13.0. The molecule has 3 aromatic rings. The fourth-order valence-electron chi connectivity index (χ4n) is 5.77. The van der Waals surface area contributed by atoms with E-state index in [1.165, 1.54) is 25.9 Å². The van der Waals surface area contributed by atoms with Gasteiger partial charge >= 0.3 is 0 Å². The predicted octanol–water partition coefficient (Wildman–Crippen LogP) is 2.35. The lowest BCUT2D eigenvalue weighted by molar-refractivity contribution is 0.0357. The number of methoxy groups -OCH3 is 1. The van der Waals surface area contributed by atoms with E-state index in [0.29, 0.717) is 41.3 Å². The highest BCUT2D eigenvalue weighted by Gasteiger charge is 2.21. The molecule has 0 spiro atoms. The normalized spacial score (nSPS) is 18.0. The Labute approximate surface area is 240 Å². The van der Waals surface area contributed by atoms with Crippen LogP contribution < -0.4 is 20.4 Å². The van der Waals surface area contributed by atoms with Crippen LogP contribution >= 0.6 is 0 Å². The number of carbonyl (C=O) groups is 1. The highest BCUT2D eigenvalue weighted by Crippen LogP contribution is 2.37. The molecule has 41 heavy (non-hydrogen) atoms. The van der Waals surface area contributed by atoms with Crippen LogP contribution in [0.25, 0.3) is 10.9 Å². The van der Waals surface area contributed by atoms with Gasteiger partial charge in [-0.3, -0.25) is 19.2 Å². The first kappa shape index (κ1) is 27.6. The first-order chi connectivity index (χ1) is 20.2. The zero-order valence-electron chi connectivity index (χ0n) is 23.8. The Bertz CT molecular complexity index is 1430. The van der Waals surface area contributed by atoms with Gasteiger partial charge in [0.15, 0.2) is 11.5 Å². The quantitative estimate of drug-likeness (QED) is 0.374. The molecule has 218 valence electrons. The van der Waals surface area contributed by atoms with E-state index >= 15 is 0 Å². The highest BCUT2D eigenvalue weighted by atomic mass is 16.5. The Morgan fingerprint density at radius 1 is 1.05 bits per heavy atom. The number of ether oxygens (including phenoxy) is 3. The van der Waals surface area contributed by atoms with E-state index in [0.717, 1.165) is 75.7 Å². The molecule has 3 aliphatic rings. The van der Waals surface area contributed by atoms with Gasteiger partial charge < -0.3 is 24.4 Å². The molecule has 11 nitrogen and oxygen atoms in total. The molecule has 0 radical (unpaired) electrons. The summed E-state index contributed by atoms with van der Waals surface area (Å²) in [4.78, 5) is 31.8. The van der Waals surface area contributed by atoms with Crippen molar-refractivity contribution < 1.29 is 19.0 Å². The van der Waals surface area contributed by atoms with E-state index in [-0.39, 0.29) is 5.91 Å². The summed E-state index contributed by atoms with van der Waals surface area (Å²) in [5.41, 5.74) is 2.38. The van der Waals surface area contributed by atoms with Crippen molar-refractivity contribution in [3.05, 3.63) is 47.3 Å². The Balaban J connectivity index is 1.21. The smallest absolute Gasteiger partial charge is 0.281 e. The monoisotopic (exact) mass is 561 g/mol. The zero-order chi connectivity index (χ0) is 28.0. The molecule has 0 bridgehead atoms. The SMILES string of the molecule is COc1c(OCCCN2CCOCC2)ccc2c3n(c(=NC(=O)c4ccc(CCN5CCCC5)nc4)nc12)CCN3. The fourth-order valence-corrected chi connectivity index (χ4v) is 5.77. The van der Waals surface area contributed by atoms with E-state index in [1.54, 1.807) is 13.3 Å². The lowest BCUT2D eigenvalue weighted by Crippen LogP contribution is -2.37. The summed E-state index contributed by atoms with van der Waals surface area (Å²) < 4.78 is 19.3. The average Bonchev–Trinajstić information content (AvgIpc) is 3.72. The Kier molecular flexibility index (Phi) is 8.74. The molecule has 0 unspecified atom stereocenters. The van der Waals surface area contributed by atoms with Crippen LogP contribution in [0.3, 0.4) is 0 Å². The summed E-state index contributed by atoms with van der Waals surface area (Å²) in [6.45, 7) is 9.76. The molecule has 2 aromatic heterocycles. The summed E-state index contributed by atoms with van der Waals surface area (Å²) in [6, 6.07) is 7.66. The number of anilines is 1. The third kappa shape index (κ3) is 6.37. The summed E-state index contributed by atoms with van der Waals surface area (Å²) >= 11 is 0. The molecule has 11 heteroatoms. The summed E-state index contributed by atoms with van der Waals surface area (Å²) in [7, 11) is 1.61. The first-order valence-electron chi connectivity index (χ1n) is 14.7. The summed E-state index contributed by atoms with van der Waals surface area (Å²) in [5.74, 6) is 1.67. The number of hydrogen-bond acceptors (Lipinski definition) is 9. The number of rotatable bonds is 10. The maximum atomic E-state index is 13.2. The molecule has 3 aliphatic heterocycles. The number of morpholine rings is 1. The summed E-state index contributed by atoms with van der Waals surface area (Å²) in [5, 5.41) is 4.32. The van der Waals surface area contributed by atoms with Crippen LogP contribution in [-0.4, -0.2) is 103 Å². The Morgan fingerprint density at radius 2 is 1.88 bits per heavy atom. The van der Waals surface area contributed by atoms with Crippen molar-refractivity contribution in [2.24, 2.45) is 4.99 Å². The number of likely N-dealkylation sites (tertiary alicyclic amines) is 1. The van der Waals surface area contributed by atoms with Crippen molar-refractivity contribution in [3.63, 3.8) is 0 Å². The van der Waals surface area contributed by atoms with Crippen molar-refractivity contribution in [3.8, 4) is 11.5 Å². The number of pyridine rings is 1. The van der Waals surface area contributed by atoms with Gasteiger partial charge in [-0.1, -0.05) is 0 Å². The van der Waals surface area contributed by atoms with Crippen LogP contribution in [0, 0.1) is 0 Å². The van der Waals surface area contributed by atoms with Gasteiger partial charge in [-0.15, -0.1) is 0 Å². The van der Waals surface area contributed by atoms with E-state index in [2.05, 4.69) is 25.1 Å². The number of aromatic nitrogens is 3. The van der Waals surface area contributed by atoms with E-state index in [1.807, 2.05) is 28.8 Å². The average molecular weight is 562 g/mol. The molecular formula is C30H39N7O4. The third-order valence-corrected chi connectivity index (χ3v) is 8.04. The van der Waals surface area contributed by atoms with Gasteiger partial charge in [0.25, 0.3) is 5.91 Å². The van der Waals surface area contributed by atoms with Crippen LogP contribution in [0.4, 0.5) is 5.82 Å². The minimum absolute atomic E-state index is 0.336. The maximum absolute atomic E-state index is 13.2. The number of carbonyl (C=O) groups excluding carboxylic acids is 1. The minimum Gasteiger partial charge on any atom is -0.491 e. The van der Waals surface area contributed by atoms with Crippen LogP contribution in [0.15, 0.2) is 35.5 Å². The largest absolute Gasteiger partial charge is 0.491 e. The van der Waals surface area contributed by atoms with Crippen LogP contribution in [0.5, 0.6) is 11.5 Å². The van der Waals surface area contributed by atoms with Crippen LogP contribution in [-0.2, 0) is 17.7 Å². The molecule has 6 rings (SSSR count). The van der Waals surface area contributed by atoms with Gasteiger partial charge in [-0.2, -0.15) is 4.99 Å². The molecule has 1 aromatic carbocycles. The molecule has 2 saturated heterocycles. The van der Waals surface area contributed by atoms with Gasteiger partial charge in [0.1, 0.15) is 11.3 Å². The third-order valence-electron chi connectivity index (χ3n) is 8.04. The zero-order valence-corrected chi connectivity index (χ0v) is 23.8. The van der Waals surface area contributed by atoms with Gasteiger partial charge in [-0.05, 0) is 56.6 Å². The first-order valence-corrected chi connectivity index (χ1v) is 14.7. The van der Waals surface area contributed by atoms with Crippen molar-refractivity contribution >= 4 is 22.6 Å². The summed E-state index contributed by atoms with van der Waals surface area (Å²) in [6.07, 6.45) is 5.95. The number of amides is 1. The van der Waals surface area contributed by atoms with Gasteiger partial charge in [0.05, 0.1) is 32.5 Å². The Morgan fingerprint density at radius 3 is 2.66 bits per heavy atom. The number of benzene rings is 1. The van der Waals surface area contributed by atoms with Crippen molar-refractivity contribution in [1.29, 1.82) is 0 Å². The molecule has 0 aliphatic carbocycles. The fraction of sp³-hybridized carbons (Fsp3) is 0.533. The van der Waals surface area contributed by atoms with E-state index in [9.17, 15) is 4.79 Å². The van der Waals surface area contributed by atoms with Crippen molar-refractivity contribution in [1.82, 2.24) is 24.3 Å². The standard InChI is InChI=1S/C30H39N7O4/c1-39-27-25(41-18-4-13-36-16-19-40-20-17-36)8-7-24-26(27)33-30(37-15-10-31-28(24)37)34-29(38)22-5-6-23(32-21-22)9-14-35-11-2-3-12-35/h5-8,21,31H,2-4,9-20H2,1H3. The molecule has 1 N–H and O–H groups in total. The second-order valence-corrected chi connectivity index (χ2v) is 10.7. The van der Waals surface area contributed by atoms with E-state index < -0.39 is 0 Å². The Hall–Kier alpha value is -3.54. The number of nitrogens with zero attached hydrogens (tertiary/aromatic N) is 6. The van der Waals surface area contributed by atoms with Gasteiger partial charge in [0, 0.05) is 63.0 Å². The molecule has 0 saturated carbocycles. The maximum Gasteiger partial charge on any atom is 0.281 e. The lowest BCUT2D eigenvalue weighted by Gasteiger charge is -2.26. The van der Waals surface area contributed by atoms with Gasteiger partial charge in [-0.25, -0.2) is 4.98 Å². The molecule has 5 heterocycles. The molecular weight excluding hydrogens is 522 g/mol. The minimum atomic E-state index is -0.369. The number of fused-ring (bicyclic) bond motifs is 3. The van der Waals surface area contributed by atoms with Gasteiger partial charge in [0.2, 0.25) is 5.62 Å². The number of nitrogens with one attached hydrogen (secondary N) is 1. The molecule has 0 atom stereocenters. The van der Waals surface area contributed by atoms with Crippen LogP contribution in [0.2, 0.25) is 0 Å².